The van der Waals surface area contributed by atoms with Crippen molar-refractivity contribution < 1.29 is 19.1 Å². The van der Waals surface area contributed by atoms with Crippen LogP contribution in [-0.4, -0.2) is 88.5 Å². The van der Waals surface area contributed by atoms with Crippen molar-refractivity contribution in [3.63, 3.8) is 0 Å². The van der Waals surface area contributed by atoms with E-state index in [0.29, 0.717) is 45.3 Å². The van der Waals surface area contributed by atoms with Gasteiger partial charge in [-0.3, -0.25) is 34.2 Å². The van der Waals surface area contributed by atoms with Crippen LogP contribution < -0.4 is 20.7 Å². The SMILES string of the molecule is CC(C)Oc1cccc(NC(=O)c2cccc(CSc3ncnc4[nH]ncc34)c2)c1.CCn1c2ccccc2c2cc(NC(=O)c3cccc(CSc4ncnc5[nH]ncc45)c3)ccc21.Cn1cc(Br)c(-c2ccc(NC(=O)c3cccc(CSc4cnccn4)c3)cc2)n1. The summed E-state index contributed by atoms with van der Waals surface area (Å²) in [5, 5.41) is 33.8. The highest BCUT2D eigenvalue weighted by Gasteiger charge is 2.16. The molecule has 5 N–H and O–H groups in total. The molecule has 20 nitrogen and oxygen atoms in total. The number of ether oxygens (including phenoxy) is 1. The van der Waals surface area contributed by atoms with Crippen molar-refractivity contribution in [2.45, 2.75) is 65.8 Å². The first-order chi connectivity index (χ1) is 46.4. The molecule has 7 heterocycles. The van der Waals surface area contributed by atoms with Crippen molar-refractivity contribution in [3.05, 3.63) is 251 Å². The molecule has 0 aliphatic rings. The van der Waals surface area contributed by atoms with Gasteiger partial charge in [0, 0.05) is 117 Å². The molecule has 7 aromatic heterocycles. The quantitative estimate of drug-likeness (QED) is 0.0373. The second kappa shape index (κ2) is 30.5. The van der Waals surface area contributed by atoms with Crippen molar-refractivity contribution in [1.82, 2.24) is 64.6 Å². The number of aromatic amines is 2. The van der Waals surface area contributed by atoms with Crippen LogP contribution in [0.2, 0.25) is 0 Å². The van der Waals surface area contributed by atoms with Gasteiger partial charge in [0.25, 0.3) is 17.7 Å². The summed E-state index contributed by atoms with van der Waals surface area (Å²) in [4.78, 5) is 63.9. The Labute approximate surface area is 567 Å². The Hall–Kier alpha value is -10.5. The minimum absolute atomic E-state index is 0.0725. The van der Waals surface area contributed by atoms with E-state index >= 15 is 0 Å². The predicted octanol–water partition coefficient (Wildman–Crippen LogP) is 15.9. The number of nitrogens with zero attached hydrogens (tertiary/aromatic N) is 11. The third kappa shape index (κ3) is 16.3. The van der Waals surface area contributed by atoms with Crippen LogP contribution in [0.25, 0.3) is 55.1 Å². The zero-order chi connectivity index (χ0) is 65.6. The largest absolute Gasteiger partial charge is 0.491 e. The molecular formula is C71H61BrN16O4S3. The number of anilines is 3. The van der Waals surface area contributed by atoms with Crippen molar-refractivity contribution >= 4 is 130 Å². The molecule has 0 radical (unpaired) electrons. The van der Waals surface area contributed by atoms with Crippen molar-refractivity contribution in [2.75, 3.05) is 16.0 Å². The number of aromatic nitrogens is 13. The highest BCUT2D eigenvalue weighted by Crippen LogP contribution is 2.34. The first kappa shape index (κ1) is 64.6. The molecule has 0 unspecified atom stereocenters. The molecular weight excluding hydrogens is 1320 g/mol. The second-order valence-corrected chi connectivity index (χ2v) is 25.5. The van der Waals surface area contributed by atoms with E-state index in [1.54, 1.807) is 77.0 Å². The van der Waals surface area contributed by atoms with Gasteiger partial charge in [0.15, 0.2) is 11.3 Å². The van der Waals surface area contributed by atoms with Crippen LogP contribution in [0.5, 0.6) is 5.75 Å². The molecule has 14 aromatic rings. The van der Waals surface area contributed by atoms with Gasteiger partial charge in [-0.1, -0.05) is 72.8 Å². The number of para-hydroxylation sites is 1. The van der Waals surface area contributed by atoms with Crippen molar-refractivity contribution in [2.24, 2.45) is 7.05 Å². The van der Waals surface area contributed by atoms with E-state index in [4.69, 9.17) is 4.74 Å². The molecule has 0 bridgehead atoms. The summed E-state index contributed by atoms with van der Waals surface area (Å²) < 4.78 is 10.7. The number of amides is 3. The molecule has 14 rings (SSSR count). The van der Waals surface area contributed by atoms with Crippen LogP contribution >= 0.6 is 51.2 Å². The minimum Gasteiger partial charge on any atom is -0.491 e. The van der Waals surface area contributed by atoms with Gasteiger partial charge in [-0.25, -0.2) is 24.9 Å². The first-order valence-corrected chi connectivity index (χ1v) is 33.8. The maximum Gasteiger partial charge on any atom is 0.255 e. The molecule has 0 fully saturated rings. The molecule has 24 heteroatoms. The van der Waals surface area contributed by atoms with Crippen molar-refractivity contribution in [3.8, 4) is 17.0 Å². The number of fused-ring (bicyclic) bond motifs is 5. The van der Waals surface area contributed by atoms with E-state index in [-0.39, 0.29) is 23.8 Å². The van der Waals surface area contributed by atoms with Gasteiger partial charge < -0.3 is 25.3 Å². The average molecular weight is 1380 g/mol. The van der Waals surface area contributed by atoms with E-state index in [2.05, 4.69) is 135 Å². The predicted molar refractivity (Wildman–Crippen MR) is 381 cm³/mol. The number of benzene rings is 7. The van der Waals surface area contributed by atoms with E-state index in [0.717, 1.165) is 93.0 Å². The van der Waals surface area contributed by atoms with E-state index in [1.807, 2.05) is 148 Å². The topological polar surface area (TPSA) is 254 Å². The van der Waals surface area contributed by atoms with Gasteiger partial charge in [0.05, 0.1) is 39.9 Å². The lowest BCUT2D eigenvalue weighted by atomic mass is 10.1. The number of rotatable bonds is 19. The lowest BCUT2D eigenvalue weighted by Gasteiger charge is -2.12. The summed E-state index contributed by atoms with van der Waals surface area (Å²) in [5.74, 6) is 2.36. The maximum atomic E-state index is 13.1. The fourth-order valence-electron chi connectivity index (χ4n) is 10.3. The van der Waals surface area contributed by atoms with Crippen molar-refractivity contribution in [1.29, 1.82) is 0 Å². The Balaban J connectivity index is 0.000000137. The number of nitrogens with one attached hydrogen (secondary N) is 5. The number of aryl methyl sites for hydroxylation is 2. The Morgan fingerprint density at radius 1 is 0.547 bits per heavy atom. The smallest absolute Gasteiger partial charge is 0.255 e. The van der Waals surface area contributed by atoms with E-state index < -0.39 is 0 Å². The standard InChI is InChI=1S/C27H22N6OS.C22H18BrN5OS.C22H21N5O2S/c1-2-33-23-9-4-3-8-20(23)21-13-19(10-11-24(21)33)31-26(34)18-7-5-6-17(12-18)15-35-27-22-14-30-32-25(22)28-16-29-27;1-28-13-19(23)21(27-28)16-5-7-18(8-6-16)26-22(29)17-4-2-3-15(11-17)14-30-20-12-24-9-10-25-20;1-14(2)29-18-8-4-7-17(10-18)26-21(28)16-6-3-5-15(9-16)12-30-22-19-11-25-27-20(19)23-13-24-22/h3-14,16H,2,15H2,1H3,(H,31,34)(H,28,29,30,32);2-13H,14H2,1H3,(H,26,29);3-11,13-14H,12H2,1-2H3,(H,26,28)(H,23,24,25,27). The normalized spacial score (nSPS) is 11.1. The van der Waals surface area contributed by atoms with E-state index in [9.17, 15) is 14.4 Å². The third-order valence-electron chi connectivity index (χ3n) is 14.7. The molecule has 0 spiro atoms. The summed E-state index contributed by atoms with van der Waals surface area (Å²) in [7, 11) is 1.88. The van der Waals surface area contributed by atoms with Crippen LogP contribution in [0.15, 0.2) is 233 Å². The van der Waals surface area contributed by atoms with Gasteiger partial charge in [-0.15, -0.1) is 35.3 Å². The first-order valence-electron chi connectivity index (χ1n) is 30.1. The summed E-state index contributed by atoms with van der Waals surface area (Å²) in [6.07, 6.45) is 13.5. The molecule has 0 aliphatic carbocycles. The van der Waals surface area contributed by atoms with Gasteiger partial charge in [-0.2, -0.15) is 15.3 Å². The fraction of sp³-hybridized carbons (Fsp3) is 0.127. The van der Waals surface area contributed by atoms with Crippen LogP contribution in [-0.2, 0) is 30.9 Å². The zero-order valence-corrected chi connectivity index (χ0v) is 55.8. The fourth-order valence-corrected chi connectivity index (χ4v) is 13.5. The van der Waals surface area contributed by atoms with Gasteiger partial charge in [0.2, 0.25) is 0 Å². The molecule has 0 saturated carbocycles. The van der Waals surface area contributed by atoms with Crippen LogP contribution in [0.4, 0.5) is 17.1 Å². The highest BCUT2D eigenvalue weighted by atomic mass is 79.9. The molecule has 474 valence electrons. The van der Waals surface area contributed by atoms with Crippen LogP contribution in [0.1, 0.15) is 68.5 Å². The average Bonchev–Trinajstić information content (AvgIpc) is 1.64. The number of hydrogen-bond acceptors (Lipinski definition) is 16. The highest BCUT2D eigenvalue weighted by molar-refractivity contribution is 9.10. The number of hydrogen-bond donors (Lipinski definition) is 5. The number of H-pyrrole nitrogens is 2. The Bertz CT molecular complexity index is 5020. The monoisotopic (exact) mass is 1380 g/mol. The molecule has 0 saturated heterocycles. The molecule has 7 aromatic carbocycles. The van der Waals surface area contributed by atoms with Gasteiger partial charge in [0.1, 0.15) is 39.2 Å². The molecule has 3 amide bonds. The van der Waals surface area contributed by atoms with E-state index in [1.165, 1.54) is 29.1 Å². The maximum absolute atomic E-state index is 13.1. The summed E-state index contributed by atoms with van der Waals surface area (Å²) >= 11 is 8.27. The zero-order valence-electron chi connectivity index (χ0n) is 51.8. The van der Waals surface area contributed by atoms with Gasteiger partial charge in [-0.05, 0) is 138 Å². The van der Waals surface area contributed by atoms with Gasteiger partial charge >= 0.3 is 0 Å². The Morgan fingerprint density at radius 2 is 1.09 bits per heavy atom. The third-order valence-corrected chi connectivity index (χ3v) is 18.4. The van der Waals surface area contributed by atoms with Crippen LogP contribution in [0.3, 0.4) is 0 Å². The minimum atomic E-state index is -0.164. The lowest BCUT2D eigenvalue weighted by Crippen LogP contribution is -2.12. The molecule has 95 heavy (non-hydrogen) atoms. The summed E-state index contributed by atoms with van der Waals surface area (Å²) in [5.41, 5.74) is 12.8. The number of carbonyl (C=O) groups excluding carboxylic acids is 3. The molecule has 0 aliphatic heterocycles. The number of halogens is 1. The summed E-state index contributed by atoms with van der Waals surface area (Å²) in [6, 6.07) is 52.4. The molecule has 0 atom stereocenters. The lowest BCUT2D eigenvalue weighted by molar-refractivity contribution is 0.101. The number of carbonyl (C=O) groups is 3. The Kier molecular flexibility index (Phi) is 20.7. The second-order valence-electron chi connectivity index (χ2n) is 21.8. The van der Waals surface area contributed by atoms with Crippen LogP contribution in [0, 0.1) is 0 Å². The Morgan fingerprint density at radius 3 is 1.65 bits per heavy atom. The summed E-state index contributed by atoms with van der Waals surface area (Å²) in [6.45, 7) is 6.97. The number of thioether (sulfide) groups is 3.